The smallest absolute Gasteiger partial charge is 0.338 e. The number of hydrogen-bond acceptors (Lipinski definition) is 14. The van der Waals surface area contributed by atoms with Crippen LogP contribution in [0.4, 0.5) is 0 Å². The minimum Gasteiger partial charge on any atom is -0.467 e. The van der Waals surface area contributed by atoms with Crippen molar-refractivity contribution in [2.24, 2.45) is 5.11 Å². The van der Waals surface area contributed by atoms with Gasteiger partial charge in [0.2, 0.25) is 0 Å². The molecule has 2 aliphatic rings. The molecule has 0 aromatic heterocycles. The van der Waals surface area contributed by atoms with Crippen molar-refractivity contribution in [3.05, 3.63) is 196 Å². The number of thioether (sulfide) groups is 1. The Bertz CT molecular complexity index is 2690. The van der Waals surface area contributed by atoms with E-state index in [0.717, 1.165) is 32.4 Å². The Balaban J connectivity index is 1.19. The molecular weight excluding hydrogens is 938 g/mol. The summed E-state index contributed by atoms with van der Waals surface area (Å²) in [5.74, 6) is -2.85. The Hall–Kier alpha value is -6.30. The van der Waals surface area contributed by atoms with Crippen LogP contribution in [0.25, 0.3) is 21.2 Å². The second-order valence-electron chi connectivity index (χ2n) is 16.3. The van der Waals surface area contributed by atoms with Gasteiger partial charge in [0.15, 0.2) is 24.6 Å². The van der Waals surface area contributed by atoms with E-state index >= 15 is 0 Å². The summed E-state index contributed by atoms with van der Waals surface area (Å²) < 4.78 is 57.5. The maximum Gasteiger partial charge on any atom is 0.338 e. The van der Waals surface area contributed by atoms with Gasteiger partial charge in [-0.1, -0.05) is 150 Å². The van der Waals surface area contributed by atoms with Crippen LogP contribution in [0.2, 0.25) is 0 Å². The predicted molar refractivity (Wildman–Crippen MR) is 259 cm³/mol. The van der Waals surface area contributed by atoms with Crippen molar-refractivity contribution in [1.29, 1.82) is 0 Å². The summed E-state index contributed by atoms with van der Waals surface area (Å²) in [7, 11) is 1.20. The lowest BCUT2D eigenvalue weighted by atomic mass is 9.95. The molecule has 0 saturated carbocycles. The molecule has 0 spiro atoms. The van der Waals surface area contributed by atoms with E-state index in [2.05, 4.69) is 10.0 Å². The minimum atomic E-state index is -1.58. The zero-order chi connectivity index (χ0) is 48.7. The molecule has 17 heteroatoms. The van der Waals surface area contributed by atoms with E-state index in [1.54, 1.807) is 30.3 Å². The lowest BCUT2D eigenvalue weighted by molar-refractivity contribution is -0.321. The normalized spacial score (nSPS) is 24.2. The summed E-state index contributed by atoms with van der Waals surface area (Å²) in [4.78, 5) is 45.2. The minimum absolute atomic E-state index is 0.0225. The highest BCUT2D eigenvalue weighted by atomic mass is 35.5. The first-order valence-electron chi connectivity index (χ1n) is 22.5. The van der Waals surface area contributed by atoms with Crippen molar-refractivity contribution in [2.75, 3.05) is 19.6 Å². The number of nitrogens with zero attached hydrogens (tertiary/aromatic N) is 3. The number of rotatable bonds is 20. The van der Waals surface area contributed by atoms with Crippen LogP contribution in [-0.4, -0.2) is 98.0 Å². The molecule has 70 heavy (non-hydrogen) atoms. The first kappa shape index (κ1) is 50.1. The number of azide groups is 1. The number of esters is 3. The van der Waals surface area contributed by atoms with Gasteiger partial charge >= 0.3 is 17.9 Å². The summed E-state index contributed by atoms with van der Waals surface area (Å²) in [6.45, 7) is -0.112. The van der Waals surface area contributed by atoms with Gasteiger partial charge in [-0.15, -0.1) is 11.6 Å². The zero-order valence-electron chi connectivity index (χ0n) is 37.9. The van der Waals surface area contributed by atoms with Gasteiger partial charge < -0.3 is 42.6 Å². The number of carbonyl (C=O) groups is 3. The van der Waals surface area contributed by atoms with Gasteiger partial charge in [-0.2, -0.15) is 0 Å². The highest BCUT2D eigenvalue weighted by Crippen LogP contribution is 2.40. The van der Waals surface area contributed by atoms with Gasteiger partial charge in [0.25, 0.3) is 0 Å². The van der Waals surface area contributed by atoms with Gasteiger partial charge in [-0.05, 0) is 63.3 Å². The first-order chi connectivity index (χ1) is 34.3. The van der Waals surface area contributed by atoms with Crippen molar-refractivity contribution >= 4 is 52.0 Å². The number of methoxy groups -OCH3 is 1. The average molecular weight is 989 g/mol. The van der Waals surface area contributed by atoms with Crippen molar-refractivity contribution < 1.29 is 57.0 Å². The van der Waals surface area contributed by atoms with Gasteiger partial charge in [0, 0.05) is 9.81 Å². The van der Waals surface area contributed by atoms with Crippen LogP contribution in [0.15, 0.2) is 174 Å². The number of hydrogen-bond donors (Lipinski definition) is 0. The van der Waals surface area contributed by atoms with E-state index < -0.39 is 84.3 Å². The number of carbonyl (C=O) groups excluding carboxylic acids is 3. The van der Waals surface area contributed by atoms with E-state index in [9.17, 15) is 19.9 Å². The highest BCUT2D eigenvalue weighted by Gasteiger charge is 2.57. The molecule has 2 fully saturated rings. The molecule has 6 aromatic rings. The molecule has 6 aromatic carbocycles. The highest BCUT2D eigenvalue weighted by molar-refractivity contribution is 7.99. The first-order valence-corrected chi connectivity index (χ1v) is 23.9. The van der Waals surface area contributed by atoms with Crippen LogP contribution in [-0.2, 0) is 72.0 Å². The van der Waals surface area contributed by atoms with Crippen LogP contribution in [0.1, 0.15) is 27.0 Å². The van der Waals surface area contributed by atoms with Crippen LogP contribution < -0.4 is 0 Å². The van der Waals surface area contributed by atoms with Crippen molar-refractivity contribution in [3.8, 4) is 0 Å². The molecule has 10 atom stereocenters. The van der Waals surface area contributed by atoms with Gasteiger partial charge in [-0.25, -0.2) is 9.59 Å². The van der Waals surface area contributed by atoms with Crippen molar-refractivity contribution in [3.63, 3.8) is 0 Å². The molecule has 8 rings (SSSR count). The van der Waals surface area contributed by atoms with E-state index in [1.165, 1.54) is 18.9 Å². The number of alkyl halides is 1. The Morgan fingerprint density at radius 1 is 0.657 bits per heavy atom. The fraction of sp³-hybridized carbons (Fsp3) is 0.302. The summed E-state index contributed by atoms with van der Waals surface area (Å²) >= 11 is 7.23. The maximum absolute atomic E-state index is 14.1. The second kappa shape index (κ2) is 25.0. The van der Waals surface area contributed by atoms with Crippen LogP contribution in [0.5, 0.6) is 0 Å². The van der Waals surface area contributed by atoms with Crippen molar-refractivity contribution in [1.82, 2.24) is 0 Å². The number of halogens is 1. The standard InChI is InChI=1S/C53H50ClN3O12S/c1-61-51(60)48-47(46(64-32-35-18-8-3-9-19-35)49(67-50(59)38-21-10-4-11-22-38)53(69-48)70-40-24-12-5-13-25-40)68-52-43(56-57-55)45(63-31-34-16-6-2-7-17-34)44(66-42(58)29-54)41(65-52)33-62-30-36-26-27-37-20-14-15-23-39(37)28-36/h2-28,41,43-49,52-53H,29-33H2,1H3/t41-,43-,44-,45-,46+,47+,48+,49-,52-,53+/m1/s1. The molecule has 362 valence electrons. The number of ether oxygens (including phenoxy) is 9. The number of fused-ring (bicyclic) bond motifs is 1. The van der Waals surface area contributed by atoms with Crippen LogP contribution in [0, 0.1) is 0 Å². The molecule has 2 saturated heterocycles. The van der Waals surface area contributed by atoms with Crippen LogP contribution >= 0.6 is 23.4 Å². The topological polar surface area (TPSA) is 183 Å². The van der Waals surface area contributed by atoms with E-state index in [4.69, 9.17) is 54.2 Å². The molecule has 0 aliphatic carbocycles. The van der Waals surface area contributed by atoms with E-state index in [-0.39, 0.29) is 32.0 Å². The van der Waals surface area contributed by atoms with Gasteiger partial charge in [0.05, 0.1) is 39.1 Å². The molecular formula is C53H50ClN3O12S. The molecule has 0 unspecified atom stereocenters. The molecule has 0 amide bonds. The van der Waals surface area contributed by atoms with Crippen LogP contribution in [0.3, 0.4) is 0 Å². The molecule has 0 bridgehead atoms. The van der Waals surface area contributed by atoms with E-state index in [1.807, 2.05) is 133 Å². The van der Waals surface area contributed by atoms with Gasteiger partial charge in [0.1, 0.15) is 41.8 Å². The predicted octanol–water partition coefficient (Wildman–Crippen LogP) is 9.38. The fourth-order valence-electron chi connectivity index (χ4n) is 8.22. The third-order valence-corrected chi connectivity index (χ3v) is 13.0. The SMILES string of the molecule is COC(=O)[C@H]1O[C@@H](Sc2ccccc2)[C@H](OC(=O)c2ccccc2)[C@@H](OCc2ccccc2)[C@@H]1O[C@H]1O[C@H](COCc2ccc3ccccc3c2)[C@@H](OC(=O)CCl)[C@H](OCc2ccccc2)[C@H]1N=[N+]=[N-]. The maximum atomic E-state index is 14.1. The van der Waals surface area contributed by atoms with Gasteiger partial charge in [-0.3, -0.25) is 4.79 Å². The average Bonchev–Trinajstić information content (AvgIpc) is 3.40. The summed E-state index contributed by atoms with van der Waals surface area (Å²) in [6, 6.07) is 48.6. The fourth-order valence-corrected chi connectivity index (χ4v) is 9.39. The molecule has 0 N–H and O–H groups in total. The second-order valence-corrected chi connectivity index (χ2v) is 17.7. The third kappa shape index (κ3) is 12.9. The van der Waals surface area contributed by atoms with E-state index in [0.29, 0.717) is 0 Å². The lowest BCUT2D eigenvalue weighted by Crippen LogP contribution is -2.66. The number of benzene rings is 6. The molecule has 2 aliphatic heterocycles. The largest absolute Gasteiger partial charge is 0.467 e. The lowest BCUT2D eigenvalue weighted by Gasteiger charge is -2.48. The molecule has 2 heterocycles. The van der Waals surface area contributed by atoms with Crippen molar-refractivity contribution in [2.45, 2.75) is 85.2 Å². The summed E-state index contributed by atoms with van der Waals surface area (Å²) in [6.07, 6.45) is -10.9. The summed E-state index contributed by atoms with van der Waals surface area (Å²) in [5, 5.41) is 6.21. The molecule has 15 nitrogen and oxygen atoms in total. The Morgan fingerprint density at radius 2 is 1.27 bits per heavy atom. The monoisotopic (exact) mass is 987 g/mol. The quantitative estimate of drug-likeness (QED) is 0.0176. The summed E-state index contributed by atoms with van der Waals surface area (Å²) in [5.41, 5.74) is 11.7. The Morgan fingerprint density at radius 3 is 1.91 bits per heavy atom. The Kier molecular flexibility index (Phi) is 17.9. The zero-order valence-corrected chi connectivity index (χ0v) is 39.5. The third-order valence-electron chi connectivity index (χ3n) is 11.6. The Labute approximate surface area is 413 Å². The molecule has 0 radical (unpaired) electrons.